The standard InChI is InChI=1S/C13H22N4O3/c1-9-15-13(20-17-9)8-19-7-12(18)16-11-5-3-2-4-10(11)6-14/h10-11H,2-8,14H2,1H3,(H,16,18). The average Bonchev–Trinajstić information content (AvgIpc) is 2.85. The number of carbonyl (C=O) groups is 1. The van der Waals surface area contributed by atoms with E-state index in [1.54, 1.807) is 6.92 Å². The normalized spacial score (nSPS) is 22.7. The highest BCUT2D eigenvalue weighted by Gasteiger charge is 2.25. The van der Waals surface area contributed by atoms with Gasteiger partial charge < -0.3 is 20.3 Å². The zero-order chi connectivity index (χ0) is 14.4. The van der Waals surface area contributed by atoms with Gasteiger partial charge in [-0.25, -0.2) is 0 Å². The van der Waals surface area contributed by atoms with Crippen LogP contribution in [-0.2, 0) is 16.1 Å². The quantitative estimate of drug-likeness (QED) is 0.788. The molecule has 0 aliphatic heterocycles. The molecule has 0 radical (unpaired) electrons. The van der Waals surface area contributed by atoms with Gasteiger partial charge in [0, 0.05) is 6.04 Å². The van der Waals surface area contributed by atoms with Crippen LogP contribution < -0.4 is 11.1 Å². The van der Waals surface area contributed by atoms with Crippen LogP contribution in [0.4, 0.5) is 0 Å². The third-order valence-electron chi connectivity index (χ3n) is 3.59. The second-order valence-electron chi connectivity index (χ2n) is 5.18. The molecule has 20 heavy (non-hydrogen) atoms. The number of ether oxygens (including phenoxy) is 1. The third-order valence-corrected chi connectivity index (χ3v) is 3.59. The molecule has 1 amide bonds. The summed E-state index contributed by atoms with van der Waals surface area (Å²) in [5.74, 6) is 1.20. The molecule has 3 N–H and O–H groups in total. The number of hydrogen-bond donors (Lipinski definition) is 2. The summed E-state index contributed by atoms with van der Waals surface area (Å²) in [5, 5.41) is 6.65. The lowest BCUT2D eigenvalue weighted by atomic mass is 9.84. The molecule has 7 heteroatoms. The monoisotopic (exact) mass is 282 g/mol. The van der Waals surface area contributed by atoms with Gasteiger partial charge in [0.1, 0.15) is 13.2 Å². The number of rotatable bonds is 6. The van der Waals surface area contributed by atoms with Crippen LogP contribution in [0, 0.1) is 12.8 Å². The summed E-state index contributed by atoms with van der Waals surface area (Å²) in [5.41, 5.74) is 5.74. The van der Waals surface area contributed by atoms with Crippen molar-refractivity contribution in [1.82, 2.24) is 15.5 Å². The van der Waals surface area contributed by atoms with E-state index < -0.39 is 0 Å². The van der Waals surface area contributed by atoms with Crippen LogP contribution in [0.1, 0.15) is 37.4 Å². The molecule has 1 aliphatic carbocycles. The van der Waals surface area contributed by atoms with Gasteiger partial charge in [0.15, 0.2) is 5.82 Å². The van der Waals surface area contributed by atoms with Gasteiger partial charge in [-0.05, 0) is 32.2 Å². The first kappa shape index (κ1) is 14.9. The van der Waals surface area contributed by atoms with Crippen LogP contribution in [0.5, 0.6) is 0 Å². The van der Waals surface area contributed by atoms with E-state index >= 15 is 0 Å². The maximum atomic E-state index is 11.8. The van der Waals surface area contributed by atoms with Crippen LogP contribution in [0.25, 0.3) is 0 Å². The van der Waals surface area contributed by atoms with Crippen molar-refractivity contribution in [2.75, 3.05) is 13.2 Å². The Labute approximate surface area is 118 Å². The minimum atomic E-state index is -0.119. The van der Waals surface area contributed by atoms with E-state index in [4.69, 9.17) is 15.0 Å². The van der Waals surface area contributed by atoms with E-state index in [1.165, 1.54) is 6.42 Å². The largest absolute Gasteiger partial charge is 0.362 e. The number of nitrogens with two attached hydrogens (primary N) is 1. The fourth-order valence-electron chi connectivity index (χ4n) is 2.56. The number of aryl methyl sites for hydroxylation is 1. The number of nitrogens with zero attached hydrogens (tertiary/aromatic N) is 2. The van der Waals surface area contributed by atoms with Crippen LogP contribution in [-0.4, -0.2) is 35.2 Å². The van der Waals surface area contributed by atoms with Crippen molar-refractivity contribution < 1.29 is 14.1 Å². The number of hydrogen-bond acceptors (Lipinski definition) is 6. The fraction of sp³-hybridized carbons (Fsp3) is 0.769. The molecule has 0 saturated heterocycles. The van der Waals surface area contributed by atoms with E-state index in [0.717, 1.165) is 19.3 Å². The third kappa shape index (κ3) is 4.28. The molecule has 2 unspecified atom stereocenters. The van der Waals surface area contributed by atoms with Crippen molar-refractivity contribution in [3.05, 3.63) is 11.7 Å². The van der Waals surface area contributed by atoms with Crippen molar-refractivity contribution in [2.45, 2.75) is 45.3 Å². The molecule has 7 nitrogen and oxygen atoms in total. The highest BCUT2D eigenvalue weighted by Crippen LogP contribution is 2.23. The summed E-state index contributed by atoms with van der Waals surface area (Å²) in [6.07, 6.45) is 4.42. The minimum absolute atomic E-state index is 0.00474. The molecule has 112 valence electrons. The number of aromatic nitrogens is 2. The van der Waals surface area contributed by atoms with Gasteiger partial charge in [0.2, 0.25) is 5.91 Å². The lowest BCUT2D eigenvalue weighted by Crippen LogP contribution is -2.45. The molecule has 1 aromatic rings. The Balaban J connectivity index is 1.69. The summed E-state index contributed by atoms with van der Waals surface area (Å²) in [4.78, 5) is 15.8. The summed E-state index contributed by atoms with van der Waals surface area (Å²) >= 11 is 0. The van der Waals surface area contributed by atoms with Crippen LogP contribution >= 0.6 is 0 Å². The van der Waals surface area contributed by atoms with Crippen molar-refractivity contribution in [2.24, 2.45) is 11.7 Å². The van der Waals surface area contributed by atoms with E-state index in [9.17, 15) is 4.79 Å². The maximum Gasteiger partial charge on any atom is 0.252 e. The topological polar surface area (TPSA) is 103 Å². The van der Waals surface area contributed by atoms with Crippen LogP contribution in [0.3, 0.4) is 0 Å². The molecule has 1 heterocycles. The maximum absolute atomic E-state index is 11.8. The van der Waals surface area contributed by atoms with Crippen molar-refractivity contribution in [3.8, 4) is 0 Å². The van der Waals surface area contributed by atoms with Crippen LogP contribution in [0.15, 0.2) is 4.52 Å². The molecular weight excluding hydrogens is 260 g/mol. The first-order valence-corrected chi connectivity index (χ1v) is 7.05. The summed E-state index contributed by atoms with van der Waals surface area (Å²) in [6.45, 7) is 2.50. The van der Waals surface area contributed by atoms with Crippen molar-refractivity contribution in [1.29, 1.82) is 0 Å². The highest BCUT2D eigenvalue weighted by atomic mass is 16.5. The summed E-state index contributed by atoms with van der Waals surface area (Å²) in [6, 6.07) is 0.176. The van der Waals surface area contributed by atoms with Gasteiger partial charge in [0.25, 0.3) is 5.89 Å². The fourth-order valence-corrected chi connectivity index (χ4v) is 2.56. The molecule has 0 aromatic carbocycles. The van der Waals surface area contributed by atoms with E-state index in [1.807, 2.05) is 0 Å². The lowest BCUT2D eigenvalue weighted by Gasteiger charge is -2.31. The van der Waals surface area contributed by atoms with Crippen LogP contribution in [0.2, 0.25) is 0 Å². The summed E-state index contributed by atoms with van der Waals surface area (Å²) in [7, 11) is 0. The second-order valence-corrected chi connectivity index (χ2v) is 5.18. The van der Waals surface area contributed by atoms with Gasteiger partial charge in [-0.15, -0.1) is 0 Å². The van der Waals surface area contributed by atoms with E-state index in [-0.39, 0.29) is 25.2 Å². The number of carbonyl (C=O) groups excluding carboxylic acids is 1. The number of nitrogens with one attached hydrogen (secondary N) is 1. The first-order chi connectivity index (χ1) is 9.69. The lowest BCUT2D eigenvalue weighted by molar-refractivity contribution is -0.127. The number of amides is 1. The van der Waals surface area contributed by atoms with E-state index in [0.29, 0.717) is 24.2 Å². The van der Waals surface area contributed by atoms with Crippen molar-refractivity contribution in [3.63, 3.8) is 0 Å². The SMILES string of the molecule is Cc1noc(COCC(=O)NC2CCCCC2CN)n1. The van der Waals surface area contributed by atoms with Gasteiger partial charge in [-0.1, -0.05) is 18.0 Å². The molecule has 2 rings (SSSR count). The van der Waals surface area contributed by atoms with Gasteiger partial charge in [-0.2, -0.15) is 4.98 Å². The second kappa shape index (κ2) is 7.35. The Hall–Kier alpha value is -1.47. The van der Waals surface area contributed by atoms with Crippen molar-refractivity contribution >= 4 is 5.91 Å². The minimum Gasteiger partial charge on any atom is -0.362 e. The molecule has 2 atom stereocenters. The Morgan fingerprint density at radius 2 is 2.30 bits per heavy atom. The molecule has 1 aliphatic rings. The first-order valence-electron chi connectivity index (χ1n) is 7.05. The predicted molar refractivity (Wildman–Crippen MR) is 71.6 cm³/mol. The Kier molecular flexibility index (Phi) is 5.49. The molecule has 0 spiro atoms. The van der Waals surface area contributed by atoms with Gasteiger partial charge in [-0.3, -0.25) is 4.79 Å². The molecule has 1 aromatic heterocycles. The zero-order valence-electron chi connectivity index (χ0n) is 11.8. The van der Waals surface area contributed by atoms with E-state index in [2.05, 4.69) is 15.5 Å². The molecule has 0 bridgehead atoms. The Morgan fingerprint density at radius 3 is 3.00 bits per heavy atom. The molecule has 1 fully saturated rings. The summed E-state index contributed by atoms with van der Waals surface area (Å²) < 4.78 is 10.2. The zero-order valence-corrected chi connectivity index (χ0v) is 11.8. The molecule has 1 saturated carbocycles. The smallest absolute Gasteiger partial charge is 0.252 e. The average molecular weight is 282 g/mol. The molecular formula is C13H22N4O3. The Morgan fingerprint density at radius 1 is 1.50 bits per heavy atom. The Bertz CT molecular complexity index is 435. The van der Waals surface area contributed by atoms with Gasteiger partial charge in [0.05, 0.1) is 0 Å². The van der Waals surface area contributed by atoms with Gasteiger partial charge >= 0.3 is 0 Å². The highest BCUT2D eigenvalue weighted by molar-refractivity contribution is 5.77. The predicted octanol–water partition coefficient (Wildman–Crippen LogP) is 0.528.